The molecular formula is C19H20FNO2. The molecule has 1 aliphatic rings. The Morgan fingerprint density at radius 3 is 2.52 bits per heavy atom. The van der Waals surface area contributed by atoms with Crippen LogP contribution < -0.4 is 10.1 Å². The quantitative estimate of drug-likeness (QED) is 0.888. The van der Waals surface area contributed by atoms with E-state index in [9.17, 15) is 9.18 Å². The zero-order valence-electron chi connectivity index (χ0n) is 13.1. The van der Waals surface area contributed by atoms with Crippen LogP contribution in [0.2, 0.25) is 0 Å². The van der Waals surface area contributed by atoms with E-state index in [1.54, 1.807) is 19.2 Å². The Morgan fingerprint density at radius 1 is 1.17 bits per heavy atom. The van der Waals surface area contributed by atoms with Gasteiger partial charge in [-0.25, -0.2) is 4.39 Å². The second-order valence-electron chi connectivity index (χ2n) is 5.89. The minimum Gasteiger partial charge on any atom is -0.497 e. The first-order valence-electron chi connectivity index (χ1n) is 7.83. The van der Waals surface area contributed by atoms with Gasteiger partial charge in [-0.3, -0.25) is 4.79 Å². The summed E-state index contributed by atoms with van der Waals surface area (Å²) in [6.07, 6.45) is 1.64. The van der Waals surface area contributed by atoms with Crippen LogP contribution in [0.3, 0.4) is 0 Å². The molecule has 0 radical (unpaired) electrons. The number of rotatable bonds is 6. The second-order valence-corrected chi connectivity index (χ2v) is 5.89. The van der Waals surface area contributed by atoms with E-state index >= 15 is 0 Å². The lowest BCUT2D eigenvalue weighted by molar-refractivity contribution is -0.122. The number of hydrogen-bond acceptors (Lipinski definition) is 2. The highest BCUT2D eigenvalue weighted by atomic mass is 19.1. The SMILES string of the molecule is COc1ccc(CCNC(=O)C2CC2c2ccc(F)cc2)cc1. The largest absolute Gasteiger partial charge is 0.497 e. The third-order valence-electron chi connectivity index (χ3n) is 4.30. The number of carbonyl (C=O) groups is 1. The van der Waals surface area contributed by atoms with Crippen LogP contribution in [0.4, 0.5) is 4.39 Å². The summed E-state index contributed by atoms with van der Waals surface area (Å²) in [6, 6.07) is 14.3. The molecule has 2 unspecified atom stereocenters. The predicted octanol–water partition coefficient (Wildman–Crippen LogP) is 3.30. The van der Waals surface area contributed by atoms with Gasteiger partial charge in [0, 0.05) is 12.5 Å². The Hall–Kier alpha value is -2.36. The summed E-state index contributed by atoms with van der Waals surface area (Å²) in [4.78, 5) is 12.1. The minimum absolute atomic E-state index is 0.0244. The van der Waals surface area contributed by atoms with Gasteiger partial charge in [-0.05, 0) is 54.2 Å². The summed E-state index contributed by atoms with van der Waals surface area (Å²) in [5.74, 6) is 0.938. The molecule has 1 amide bonds. The topological polar surface area (TPSA) is 38.3 Å². The molecule has 2 atom stereocenters. The number of ether oxygens (including phenoxy) is 1. The fourth-order valence-corrected chi connectivity index (χ4v) is 2.82. The van der Waals surface area contributed by atoms with Crippen LogP contribution in [0.15, 0.2) is 48.5 Å². The number of methoxy groups -OCH3 is 1. The van der Waals surface area contributed by atoms with E-state index in [2.05, 4.69) is 5.32 Å². The minimum atomic E-state index is -0.241. The summed E-state index contributed by atoms with van der Waals surface area (Å²) in [5, 5.41) is 2.99. The predicted molar refractivity (Wildman–Crippen MR) is 87.0 cm³/mol. The number of carbonyl (C=O) groups excluding carboxylic acids is 1. The van der Waals surface area contributed by atoms with Crippen molar-refractivity contribution in [1.29, 1.82) is 0 Å². The van der Waals surface area contributed by atoms with Crippen molar-refractivity contribution < 1.29 is 13.9 Å². The van der Waals surface area contributed by atoms with Crippen molar-refractivity contribution in [3.05, 3.63) is 65.5 Å². The van der Waals surface area contributed by atoms with Gasteiger partial charge in [-0.1, -0.05) is 24.3 Å². The zero-order chi connectivity index (χ0) is 16.2. The average molecular weight is 313 g/mol. The van der Waals surface area contributed by atoms with Crippen molar-refractivity contribution in [1.82, 2.24) is 5.32 Å². The van der Waals surface area contributed by atoms with Gasteiger partial charge in [-0.2, -0.15) is 0 Å². The van der Waals surface area contributed by atoms with E-state index in [0.717, 1.165) is 29.7 Å². The maximum absolute atomic E-state index is 12.9. The smallest absolute Gasteiger partial charge is 0.223 e. The van der Waals surface area contributed by atoms with Crippen molar-refractivity contribution in [2.24, 2.45) is 5.92 Å². The number of halogens is 1. The maximum atomic E-state index is 12.9. The maximum Gasteiger partial charge on any atom is 0.223 e. The second kappa shape index (κ2) is 6.82. The van der Waals surface area contributed by atoms with E-state index in [0.29, 0.717) is 6.54 Å². The Balaban J connectivity index is 1.44. The molecule has 1 fully saturated rings. The Labute approximate surface area is 135 Å². The molecule has 120 valence electrons. The molecule has 0 aliphatic heterocycles. The highest BCUT2D eigenvalue weighted by Gasteiger charge is 2.43. The molecular weight excluding hydrogens is 293 g/mol. The first-order chi connectivity index (χ1) is 11.2. The van der Waals surface area contributed by atoms with Crippen LogP contribution in [0.25, 0.3) is 0 Å². The fraction of sp³-hybridized carbons (Fsp3) is 0.316. The molecule has 0 bridgehead atoms. The molecule has 3 rings (SSSR count). The molecule has 0 spiro atoms. The summed E-state index contributed by atoms with van der Waals surface area (Å²) in [6.45, 7) is 0.623. The molecule has 23 heavy (non-hydrogen) atoms. The van der Waals surface area contributed by atoms with Crippen LogP contribution in [0.5, 0.6) is 5.75 Å². The first-order valence-corrected chi connectivity index (χ1v) is 7.83. The van der Waals surface area contributed by atoms with E-state index < -0.39 is 0 Å². The summed E-state index contributed by atoms with van der Waals surface area (Å²) in [5.41, 5.74) is 2.21. The normalized spacial score (nSPS) is 19.2. The van der Waals surface area contributed by atoms with Crippen molar-refractivity contribution >= 4 is 5.91 Å². The molecule has 0 saturated heterocycles. The highest BCUT2D eigenvalue weighted by molar-refractivity contribution is 5.82. The van der Waals surface area contributed by atoms with E-state index in [1.165, 1.54) is 12.1 Å². The van der Waals surface area contributed by atoms with Crippen LogP contribution in [0.1, 0.15) is 23.5 Å². The number of nitrogens with one attached hydrogen (secondary N) is 1. The monoisotopic (exact) mass is 313 g/mol. The van der Waals surface area contributed by atoms with E-state index in [-0.39, 0.29) is 23.6 Å². The Bertz CT molecular complexity index is 667. The number of hydrogen-bond donors (Lipinski definition) is 1. The van der Waals surface area contributed by atoms with E-state index in [1.807, 2.05) is 24.3 Å². The molecule has 4 heteroatoms. The lowest BCUT2D eigenvalue weighted by atomic mass is 10.1. The van der Waals surface area contributed by atoms with Gasteiger partial charge < -0.3 is 10.1 Å². The summed E-state index contributed by atoms with van der Waals surface area (Å²) < 4.78 is 18.0. The molecule has 0 aromatic heterocycles. The van der Waals surface area contributed by atoms with Gasteiger partial charge in [-0.15, -0.1) is 0 Å². The van der Waals surface area contributed by atoms with Crippen molar-refractivity contribution in [2.45, 2.75) is 18.8 Å². The van der Waals surface area contributed by atoms with Crippen LogP contribution in [-0.4, -0.2) is 19.6 Å². The Morgan fingerprint density at radius 2 is 1.87 bits per heavy atom. The molecule has 1 saturated carbocycles. The van der Waals surface area contributed by atoms with Gasteiger partial charge in [0.05, 0.1) is 7.11 Å². The number of benzene rings is 2. The van der Waals surface area contributed by atoms with Crippen LogP contribution in [-0.2, 0) is 11.2 Å². The molecule has 1 aliphatic carbocycles. The Kier molecular flexibility index (Phi) is 4.60. The van der Waals surface area contributed by atoms with Crippen LogP contribution in [0, 0.1) is 11.7 Å². The fourth-order valence-electron chi connectivity index (χ4n) is 2.82. The summed E-state index contributed by atoms with van der Waals surface area (Å²) in [7, 11) is 1.64. The molecule has 2 aromatic rings. The van der Waals surface area contributed by atoms with Crippen molar-refractivity contribution in [2.75, 3.05) is 13.7 Å². The molecule has 1 N–H and O–H groups in total. The lowest BCUT2D eigenvalue weighted by Gasteiger charge is -2.06. The van der Waals surface area contributed by atoms with Gasteiger partial charge in [0.15, 0.2) is 0 Å². The third kappa shape index (κ3) is 3.89. The zero-order valence-corrected chi connectivity index (χ0v) is 13.1. The van der Waals surface area contributed by atoms with Gasteiger partial charge >= 0.3 is 0 Å². The highest BCUT2D eigenvalue weighted by Crippen LogP contribution is 2.47. The molecule has 3 nitrogen and oxygen atoms in total. The summed E-state index contributed by atoms with van der Waals surface area (Å²) >= 11 is 0. The molecule has 0 heterocycles. The standard InChI is InChI=1S/C19H20FNO2/c1-23-16-8-2-13(3-9-16)10-11-21-19(22)18-12-17(18)14-4-6-15(20)7-5-14/h2-9,17-18H,10-12H2,1H3,(H,21,22). The lowest BCUT2D eigenvalue weighted by Crippen LogP contribution is -2.27. The van der Waals surface area contributed by atoms with Gasteiger partial charge in [0.25, 0.3) is 0 Å². The first kappa shape index (κ1) is 15.5. The van der Waals surface area contributed by atoms with E-state index in [4.69, 9.17) is 4.74 Å². The van der Waals surface area contributed by atoms with Crippen molar-refractivity contribution in [3.63, 3.8) is 0 Å². The van der Waals surface area contributed by atoms with Crippen LogP contribution >= 0.6 is 0 Å². The van der Waals surface area contributed by atoms with Crippen molar-refractivity contribution in [3.8, 4) is 5.75 Å². The van der Waals surface area contributed by atoms with Gasteiger partial charge in [0.2, 0.25) is 5.91 Å². The average Bonchev–Trinajstić information content (AvgIpc) is 3.37. The third-order valence-corrected chi connectivity index (χ3v) is 4.30. The number of amides is 1. The molecule has 2 aromatic carbocycles. The van der Waals surface area contributed by atoms with Gasteiger partial charge in [0.1, 0.15) is 11.6 Å².